The predicted octanol–water partition coefficient (Wildman–Crippen LogP) is 3.94. The van der Waals surface area contributed by atoms with Crippen LogP contribution in [0, 0.1) is 17.0 Å². The van der Waals surface area contributed by atoms with E-state index in [0.29, 0.717) is 22.4 Å². The first kappa shape index (κ1) is 22.9. The lowest BCUT2D eigenvalue weighted by Gasteiger charge is -2.12. The SMILES string of the molecule is Cc1ccc(S(=O)(=O)Nc2ccc(NC(=O)CC3OC(=O)c4ccccc43)cc2)cc1[N+](=O)[O-]. The third-order valence-electron chi connectivity index (χ3n) is 5.26. The molecule has 0 saturated heterocycles. The molecule has 1 aliphatic rings. The maximum absolute atomic E-state index is 12.6. The van der Waals surface area contributed by atoms with Gasteiger partial charge >= 0.3 is 5.97 Å². The first-order valence-electron chi connectivity index (χ1n) is 10.1. The Balaban J connectivity index is 1.41. The molecule has 0 fully saturated rings. The van der Waals surface area contributed by atoms with E-state index >= 15 is 0 Å². The molecule has 1 unspecified atom stereocenters. The number of sulfonamides is 1. The Hall–Kier alpha value is -4.25. The highest BCUT2D eigenvalue weighted by Gasteiger charge is 2.32. The van der Waals surface area contributed by atoms with E-state index in [4.69, 9.17) is 4.74 Å². The summed E-state index contributed by atoms with van der Waals surface area (Å²) < 4.78 is 32.9. The van der Waals surface area contributed by atoms with E-state index in [-0.39, 0.29) is 28.6 Å². The summed E-state index contributed by atoms with van der Waals surface area (Å²) in [7, 11) is -4.06. The van der Waals surface area contributed by atoms with Crippen molar-refractivity contribution in [3.05, 3.63) is 93.5 Å². The lowest BCUT2D eigenvalue weighted by molar-refractivity contribution is -0.385. The van der Waals surface area contributed by atoms with Gasteiger partial charge in [-0.1, -0.05) is 24.3 Å². The second-order valence-corrected chi connectivity index (χ2v) is 9.30. The number of ether oxygens (including phenoxy) is 1. The topological polar surface area (TPSA) is 145 Å². The van der Waals surface area contributed by atoms with Crippen LogP contribution in [0.3, 0.4) is 0 Å². The van der Waals surface area contributed by atoms with E-state index in [1.54, 1.807) is 24.3 Å². The van der Waals surface area contributed by atoms with Gasteiger partial charge in [0.25, 0.3) is 15.7 Å². The number of nitro benzene ring substituents is 1. The van der Waals surface area contributed by atoms with Gasteiger partial charge in [-0.2, -0.15) is 0 Å². The van der Waals surface area contributed by atoms with Gasteiger partial charge in [0, 0.05) is 28.6 Å². The van der Waals surface area contributed by atoms with Crippen LogP contribution in [0.2, 0.25) is 0 Å². The minimum Gasteiger partial charge on any atom is -0.453 e. The van der Waals surface area contributed by atoms with E-state index in [9.17, 15) is 28.1 Å². The monoisotopic (exact) mass is 481 g/mol. The number of aryl methyl sites for hydroxylation is 1. The fraction of sp³-hybridized carbons (Fsp3) is 0.130. The molecule has 174 valence electrons. The van der Waals surface area contributed by atoms with Crippen molar-refractivity contribution in [3.63, 3.8) is 0 Å². The molecule has 1 heterocycles. The molecule has 3 aromatic carbocycles. The van der Waals surface area contributed by atoms with Crippen LogP contribution in [-0.2, 0) is 19.6 Å². The quantitative estimate of drug-likeness (QED) is 0.295. The Labute approximate surface area is 194 Å². The zero-order chi connectivity index (χ0) is 24.5. The van der Waals surface area contributed by atoms with Crippen LogP contribution in [0.1, 0.15) is 34.0 Å². The molecule has 3 aromatic rings. The van der Waals surface area contributed by atoms with E-state index in [2.05, 4.69) is 10.0 Å². The van der Waals surface area contributed by atoms with Crippen molar-refractivity contribution in [3.8, 4) is 0 Å². The van der Waals surface area contributed by atoms with Gasteiger partial charge in [0.15, 0.2) is 0 Å². The first-order chi connectivity index (χ1) is 16.1. The van der Waals surface area contributed by atoms with Crippen molar-refractivity contribution >= 4 is 39.0 Å². The number of anilines is 2. The normalized spacial score (nSPS) is 14.7. The first-order valence-corrected chi connectivity index (χ1v) is 11.6. The third kappa shape index (κ3) is 4.74. The molecule has 34 heavy (non-hydrogen) atoms. The van der Waals surface area contributed by atoms with Gasteiger partial charge in [-0.3, -0.25) is 19.6 Å². The standard InChI is InChI=1S/C23H19N3O7S/c1-14-6-11-17(12-20(14)26(29)30)34(31,32)25-16-9-7-15(8-10-16)24-22(27)13-21-18-4-2-3-5-19(18)23(28)33-21/h2-12,21,25H,13H2,1H3,(H,24,27). The molecular weight excluding hydrogens is 462 g/mol. The molecule has 0 spiro atoms. The van der Waals surface area contributed by atoms with Crippen molar-refractivity contribution in [1.82, 2.24) is 0 Å². The number of hydrogen-bond donors (Lipinski definition) is 2. The zero-order valence-corrected chi connectivity index (χ0v) is 18.7. The Morgan fingerprint density at radius 2 is 1.74 bits per heavy atom. The Bertz CT molecular complexity index is 1400. The summed E-state index contributed by atoms with van der Waals surface area (Å²) in [6, 6.07) is 16.4. The molecule has 11 heteroatoms. The molecule has 1 aliphatic heterocycles. The zero-order valence-electron chi connectivity index (χ0n) is 17.8. The number of cyclic esters (lactones) is 1. The number of nitrogens with zero attached hydrogens (tertiary/aromatic N) is 1. The molecule has 2 N–H and O–H groups in total. The number of rotatable bonds is 7. The summed E-state index contributed by atoms with van der Waals surface area (Å²) in [5.74, 6) is -0.848. The van der Waals surface area contributed by atoms with Gasteiger partial charge in [-0.25, -0.2) is 13.2 Å². The fourth-order valence-electron chi connectivity index (χ4n) is 3.54. The Morgan fingerprint density at radius 3 is 2.44 bits per heavy atom. The number of hydrogen-bond acceptors (Lipinski definition) is 7. The predicted molar refractivity (Wildman–Crippen MR) is 123 cm³/mol. The number of carbonyl (C=O) groups is 2. The van der Waals surface area contributed by atoms with E-state index < -0.39 is 27.0 Å². The molecule has 0 aromatic heterocycles. The number of esters is 1. The van der Waals surface area contributed by atoms with E-state index in [1.807, 2.05) is 0 Å². The van der Waals surface area contributed by atoms with Gasteiger partial charge in [-0.15, -0.1) is 0 Å². The average Bonchev–Trinajstić information content (AvgIpc) is 3.10. The van der Waals surface area contributed by atoms with E-state index in [1.165, 1.54) is 43.3 Å². The second-order valence-electron chi connectivity index (χ2n) is 7.62. The minimum absolute atomic E-state index is 0.0661. The lowest BCUT2D eigenvalue weighted by atomic mass is 10.0. The van der Waals surface area contributed by atoms with Crippen LogP contribution >= 0.6 is 0 Å². The number of amides is 1. The fourth-order valence-corrected chi connectivity index (χ4v) is 4.62. The van der Waals surface area contributed by atoms with Gasteiger partial charge < -0.3 is 10.1 Å². The molecular formula is C23H19N3O7S. The van der Waals surface area contributed by atoms with Gasteiger partial charge in [0.2, 0.25) is 5.91 Å². The summed E-state index contributed by atoms with van der Waals surface area (Å²) in [6.07, 6.45) is -0.739. The highest BCUT2D eigenvalue weighted by Crippen LogP contribution is 2.33. The highest BCUT2D eigenvalue weighted by molar-refractivity contribution is 7.92. The number of nitro groups is 1. The maximum Gasteiger partial charge on any atom is 0.339 e. The van der Waals surface area contributed by atoms with Gasteiger partial charge in [0.1, 0.15) is 6.10 Å². The van der Waals surface area contributed by atoms with Crippen molar-refractivity contribution in [2.75, 3.05) is 10.0 Å². The molecule has 0 aliphatic carbocycles. The van der Waals surface area contributed by atoms with Crippen LogP contribution in [0.5, 0.6) is 0 Å². The maximum atomic E-state index is 12.6. The van der Waals surface area contributed by atoms with E-state index in [0.717, 1.165) is 6.07 Å². The lowest BCUT2D eigenvalue weighted by Crippen LogP contribution is -2.16. The molecule has 1 atom stereocenters. The van der Waals surface area contributed by atoms with Crippen molar-refractivity contribution in [1.29, 1.82) is 0 Å². The third-order valence-corrected chi connectivity index (χ3v) is 6.64. The smallest absolute Gasteiger partial charge is 0.339 e. The number of nitrogens with one attached hydrogen (secondary N) is 2. The van der Waals surface area contributed by atoms with Crippen LogP contribution in [0.15, 0.2) is 71.6 Å². The summed E-state index contributed by atoms with van der Waals surface area (Å²) in [6.45, 7) is 1.52. The summed E-state index contributed by atoms with van der Waals surface area (Å²) >= 11 is 0. The molecule has 10 nitrogen and oxygen atoms in total. The number of benzene rings is 3. The van der Waals surface area contributed by atoms with Crippen LogP contribution in [-0.4, -0.2) is 25.2 Å². The number of carbonyl (C=O) groups excluding carboxylic acids is 2. The Kier molecular flexibility index (Phi) is 6.03. The molecule has 1 amide bonds. The van der Waals surface area contributed by atoms with Crippen LogP contribution in [0.4, 0.5) is 17.1 Å². The van der Waals surface area contributed by atoms with Gasteiger partial charge in [0.05, 0.1) is 21.8 Å². The number of fused-ring (bicyclic) bond motifs is 1. The largest absolute Gasteiger partial charge is 0.453 e. The van der Waals surface area contributed by atoms with Crippen molar-refractivity contribution in [2.24, 2.45) is 0 Å². The van der Waals surface area contributed by atoms with Crippen molar-refractivity contribution < 1.29 is 27.7 Å². The summed E-state index contributed by atoms with van der Waals surface area (Å²) in [4.78, 5) is 34.5. The molecule has 4 rings (SSSR count). The summed E-state index contributed by atoms with van der Waals surface area (Å²) in [5, 5.41) is 13.8. The van der Waals surface area contributed by atoms with Crippen LogP contribution in [0.25, 0.3) is 0 Å². The van der Waals surface area contributed by atoms with Crippen molar-refractivity contribution in [2.45, 2.75) is 24.3 Å². The summed E-state index contributed by atoms with van der Waals surface area (Å²) in [5.41, 5.74) is 1.77. The minimum atomic E-state index is -4.06. The molecule has 0 saturated carbocycles. The highest BCUT2D eigenvalue weighted by atomic mass is 32.2. The molecule has 0 radical (unpaired) electrons. The second kappa shape index (κ2) is 8.94. The molecule has 0 bridgehead atoms. The van der Waals surface area contributed by atoms with Gasteiger partial charge in [-0.05, 0) is 43.3 Å². The Morgan fingerprint density at radius 1 is 1.06 bits per heavy atom. The average molecular weight is 481 g/mol. The van der Waals surface area contributed by atoms with Crippen LogP contribution < -0.4 is 10.0 Å².